The number of nitrogens with one attached hydrogen (secondary N) is 1. The van der Waals surface area contributed by atoms with Crippen LogP contribution in [0.4, 0.5) is 0 Å². The Morgan fingerprint density at radius 3 is 2.50 bits per heavy atom. The van der Waals surface area contributed by atoms with Gasteiger partial charge in [-0.2, -0.15) is 0 Å². The van der Waals surface area contributed by atoms with Gasteiger partial charge in [0.15, 0.2) is 0 Å². The van der Waals surface area contributed by atoms with Crippen molar-refractivity contribution in [3.63, 3.8) is 0 Å². The van der Waals surface area contributed by atoms with Crippen LogP contribution in [0, 0.1) is 0 Å². The highest BCUT2D eigenvalue weighted by molar-refractivity contribution is 6.30. The van der Waals surface area contributed by atoms with Gasteiger partial charge >= 0.3 is 0 Å². The molecule has 132 valence electrons. The highest BCUT2D eigenvalue weighted by Gasteiger charge is 2.39. The zero-order valence-electron chi connectivity index (χ0n) is 14.4. The second kappa shape index (κ2) is 7.18. The summed E-state index contributed by atoms with van der Waals surface area (Å²) in [4.78, 5) is 19.1. The van der Waals surface area contributed by atoms with Crippen molar-refractivity contribution in [2.75, 3.05) is 0 Å². The average Bonchev–Trinajstić information content (AvgIpc) is 3.15. The first kappa shape index (κ1) is 18.0. The number of amides is 1. The summed E-state index contributed by atoms with van der Waals surface area (Å²) >= 11 is 6.02. The first-order chi connectivity index (χ1) is 12.5. The number of rotatable bonds is 6. The molecule has 0 saturated heterocycles. The van der Waals surface area contributed by atoms with Crippen LogP contribution in [-0.2, 0) is 4.79 Å². The summed E-state index contributed by atoms with van der Waals surface area (Å²) in [5.41, 5.74) is 3.73. The number of benzene rings is 1. The summed E-state index contributed by atoms with van der Waals surface area (Å²) in [6, 6.07) is 6.98. The number of aliphatic imine (C=N–C) groups is 1. The van der Waals surface area contributed by atoms with Crippen LogP contribution in [-0.4, -0.2) is 23.2 Å². The molecule has 3 rings (SSSR count). The van der Waals surface area contributed by atoms with E-state index in [0.29, 0.717) is 22.7 Å². The van der Waals surface area contributed by atoms with Gasteiger partial charge in [0.05, 0.1) is 18.4 Å². The second-order valence-corrected chi connectivity index (χ2v) is 6.58. The summed E-state index contributed by atoms with van der Waals surface area (Å²) in [7, 11) is 0. The lowest BCUT2D eigenvalue weighted by molar-refractivity contribution is -0.125. The minimum absolute atomic E-state index is 0.138. The lowest BCUT2D eigenvalue weighted by Gasteiger charge is -2.29. The highest BCUT2D eigenvalue weighted by atomic mass is 35.5. The fourth-order valence-electron chi connectivity index (χ4n) is 3.28. The van der Waals surface area contributed by atoms with E-state index in [1.165, 1.54) is 0 Å². The Bertz CT molecular complexity index is 864. The minimum Gasteiger partial charge on any atom is -0.349 e. The summed E-state index contributed by atoms with van der Waals surface area (Å²) in [5.74, 6) is -0.139. The molecule has 0 aromatic heterocycles. The minimum atomic E-state index is -0.315. The van der Waals surface area contributed by atoms with Crippen LogP contribution < -0.4 is 5.32 Å². The standard InChI is InChI=1S/C21H20ClN3O/c1-5-17-18(6-2)21(26)25(13(3)11-19-14(4)23-12-24-19)20(17)15-7-9-16(22)10-8-15/h5-10,12,19-20H,1-4,11H2,(H,23,24)/t19?,20-/m0/s1. The van der Waals surface area contributed by atoms with Crippen molar-refractivity contribution in [1.29, 1.82) is 0 Å². The molecule has 0 fully saturated rings. The van der Waals surface area contributed by atoms with Gasteiger partial charge in [0.25, 0.3) is 5.91 Å². The van der Waals surface area contributed by atoms with Crippen LogP contribution in [0.25, 0.3) is 0 Å². The van der Waals surface area contributed by atoms with Crippen molar-refractivity contribution < 1.29 is 4.79 Å². The van der Waals surface area contributed by atoms with Crippen molar-refractivity contribution in [2.45, 2.75) is 18.5 Å². The smallest absolute Gasteiger partial charge is 0.259 e. The Kier molecular flexibility index (Phi) is 4.96. The van der Waals surface area contributed by atoms with Gasteiger partial charge in [0.1, 0.15) is 0 Å². The van der Waals surface area contributed by atoms with Gasteiger partial charge in [0.2, 0.25) is 0 Å². The Hall–Kier alpha value is -2.85. The Morgan fingerprint density at radius 2 is 1.96 bits per heavy atom. The summed E-state index contributed by atoms with van der Waals surface area (Å²) in [6.45, 7) is 15.8. The van der Waals surface area contributed by atoms with Crippen LogP contribution in [0.15, 0.2) is 90.3 Å². The fraction of sp³-hybridized carbons (Fsp3) is 0.143. The quantitative estimate of drug-likeness (QED) is 0.816. The zero-order chi connectivity index (χ0) is 18.8. The number of hydrogen-bond acceptors (Lipinski definition) is 3. The molecule has 4 nitrogen and oxygen atoms in total. The maximum Gasteiger partial charge on any atom is 0.259 e. The molecule has 1 aromatic carbocycles. The number of hydrogen-bond donors (Lipinski definition) is 1. The normalized spacial score (nSPS) is 22.0. The van der Waals surface area contributed by atoms with Crippen molar-refractivity contribution in [3.05, 3.63) is 95.9 Å². The van der Waals surface area contributed by atoms with Crippen LogP contribution in [0.5, 0.6) is 0 Å². The van der Waals surface area contributed by atoms with E-state index in [1.54, 1.807) is 23.4 Å². The molecule has 1 aromatic rings. The monoisotopic (exact) mass is 365 g/mol. The Balaban J connectivity index is 1.99. The van der Waals surface area contributed by atoms with Gasteiger partial charge in [-0.3, -0.25) is 9.79 Å². The number of halogens is 1. The van der Waals surface area contributed by atoms with E-state index in [-0.39, 0.29) is 18.0 Å². The average molecular weight is 366 g/mol. The lowest BCUT2D eigenvalue weighted by Crippen LogP contribution is -2.31. The molecular formula is C21H20ClN3O. The first-order valence-corrected chi connectivity index (χ1v) is 8.58. The molecule has 1 amide bonds. The van der Waals surface area contributed by atoms with Crippen molar-refractivity contribution in [2.24, 2.45) is 4.99 Å². The molecule has 2 atom stereocenters. The molecule has 0 radical (unpaired) electrons. The molecule has 1 unspecified atom stereocenters. The molecule has 1 N–H and O–H groups in total. The highest BCUT2D eigenvalue weighted by Crippen LogP contribution is 2.42. The van der Waals surface area contributed by atoms with Crippen molar-refractivity contribution in [3.8, 4) is 0 Å². The summed E-state index contributed by atoms with van der Waals surface area (Å²) in [6.07, 6.45) is 5.39. The van der Waals surface area contributed by atoms with Crippen LogP contribution in [0.1, 0.15) is 18.0 Å². The third-order valence-corrected chi connectivity index (χ3v) is 4.85. The number of carbonyl (C=O) groups excluding carboxylic acids is 1. The third-order valence-electron chi connectivity index (χ3n) is 4.60. The second-order valence-electron chi connectivity index (χ2n) is 6.14. The van der Waals surface area contributed by atoms with Crippen LogP contribution in [0.2, 0.25) is 5.02 Å². The molecule has 0 aliphatic carbocycles. The van der Waals surface area contributed by atoms with E-state index < -0.39 is 0 Å². The van der Waals surface area contributed by atoms with E-state index in [1.807, 2.05) is 24.3 Å². The van der Waals surface area contributed by atoms with E-state index >= 15 is 0 Å². The molecule has 0 bridgehead atoms. The Morgan fingerprint density at radius 1 is 1.27 bits per heavy atom. The largest absolute Gasteiger partial charge is 0.349 e. The molecule has 26 heavy (non-hydrogen) atoms. The van der Waals surface area contributed by atoms with E-state index in [0.717, 1.165) is 16.8 Å². The van der Waals surface area contributed by atoms with Crippen LogP contribution >= 0.6 is 11.6 Å². The predicted molar refractivity (Wildman–Crippen MR) is 107 cm³/mol. The molecule has 2 aliphatic rings. The van der Waals surface area contributed by atoms with Gasteiger partial charge in [-0.1, -0.05) is 62.2 Å². The number of carbonyl (C=O) groups is 1. The lowest BCUT2D eigenvalue weighted by atomic mass is 9.97. The molecule has 0 saturated carbocycles. The molecule has 2 heterocycles. The van der Waals surface area contributed by atoms with Crippen LogP contribution in [0.3, 0.4) is 0 Å². The topological polar surface area (TPSA) is 44.7 Å². The van der Waals surface area contributed by atoms with E-state index in [4.69, 9.17) is 11.6 Å². The van der Waals surface area contributed by atoms with E-state index in [2.05, 4.69) is 36.6 Å². The maximum absolute atomic E-state index is 13.0. The fourth-order valence-corrected chi connectivity index (χ4v) is 3.40. The molecular weight excluding hydrogens is 346 g/mol. The van der Waals surface area contributed by atoms with Crippen molar-refractivity contribution in [1.82, 2.24) is 10.2 Å². The van der Waals surface area contributed by atoms with Crippen molar-refractivity contribution >= 4 is 23.8 Å². The zero-order valence-corrected chi connectivity index (χ0v) is 15.2. The Labute approximate surface area is 158 Å². The first-order valence-electron chi connectivity index (χ1n) is 8.20. The summed E-state index contributed by atoms with van der Waals surface area (Å²) in [5, 5.41) is 3.62. The predicted octanol–water partition coefficient (Wildman–Crippen LogP) is 4.31. The molecule has 5 heteroatoms. The SMILES string of the molecule is C=CC1=C(C=C)[C@H](c2ccc(Cl)cc2)N(C(=C)CC2N=CNC2=C)C1=O. The van der Waals surface area contributed by atoms with Gasteiger partial charge < -0.3 is 10.2 Å². The number of nitrogens with zero attached hydrogens (tertiary/aromatic N) is 2. The van der Waals surface area contributed by atoms with Gasteiger partial charge in [-0.05, 0) is 23.3 Å². The maximum atomic E-state index is 13.0. The third kappa shape index (κ3) is 3.04. The van der Waals surface area contributed by atoms with Gasteiger partial charge in [-0.25, -0.2) is 0 Å². The van der Waals surface area contributed by atoms with Gasteiger partial charge in [-0.15, -0.1) is 0 Å². The van der Waals surface area contributed by atoms with E-state index in [9.17, 15) is 4.79 Å². The molecule has 2 aliphatic heterocycles. The van der Waals surface area contributed by atoms with Gasteiger partial charge in [0, 0.05) is 28.4 Å². The summed E-state index contributed by atoms with van der Waals surface area (Å²) < 4.78 is 0. The molecule has 0 spiro atoms.